The van der Waals surface area contributed by atoms with Crippen LogP contribution in [-0.2, 0) is 4.79 Å². The molecule has 2 heterocycles. The van der Waals surface area contributed by atoms with Crippen LogP contribution in [0.25, 0.3) is 11.4 Å². The Kier molecular flexibility index (Phi) is 6.35. The molecule has 166 valence electrons. The van der Waals surface area contributed by atoms with Gasteiger partial charge in [-0.3, -0.25) is 9.59 Å². The zero-order valence-electron chi connectivity index (χ0n) is 18.7. The maximum Gasteiger partial charge on any atom is 0.253 e. The molecule has 1 atom stereocenters. The van der Waals surface area contributed by atoms with Crippen molar-refractivity contribution in [1.82, 2.24) is 15.0 Å². The summed E-state index contributed by atoms with van der Waals surface area (Å²) in [4.78, 5) is 31.2. The third-order valence-corrected chi connectivity index (χ3v) is 5.69. The highest BCUT2D eigenvalue weighted by Crippen LogP contribution is 2.29. The van der Waals surface area contributed by atoms with Crippen LogP contribution in [0.15, 0.2) is 47.0 Å². The van der Waals surface area contributed by atoms with Crippen molar-refractivity contribution >= 4 is 17.5 Å². The number of benzene rings is 2. The van der Waals surface area contributed by atoms with E-state index in [2.05, 4.69) is 21.5 Å². The molecule has 0 saturated carbocycles. The van der Waals surface area contributed by atoms with Gasteiger partial charge in [0.25, 0.3) is 5.91 Å². The van der Waals surface area contributed by atoms with Crippen LogP contribution in [0.5, 0.6) is 0 Å². The number of carbonyl (C=O) groups is 2. The summed E-state index contributed by atoms with van der Waals surface area (Å²) in [6, 6.07) is 13.3. The highest BCUT2D eigenvalue weighted by Gasteiger charge is 2.29. The van der Waals surface area contributed by atoms with E-state index in [0.29, 0.717) is 30.4 Å². The van der Waals surface area contributed by atoms with Crippen molar-refractivity contribution in [3.05, 3.63) is 65.0 Å². The molecule has 1 aromatic heterocycles. The first-order valence-electron chi connectivity index (χ1n) is 11.0. The van der Waals surface area contributed by atoms with Crippen molar-refractivity contribution in [2.45, 2.75) is 46.0 Å². The summed E-state index contributed by atoms with van der Waals surface area (Å²) < 4.78 is 5.59. The second kappa shape index (κ2) is 9.34. The molecule has 7 nitrogen and oxygen atoms in total. The number of carbonyl (C=O) groups excluding carboxylic acids is 2. The number of hydrogen-bond acceptors (Lipinski definition) is 5. The molecule has 0 bridgehead atoms. The third kappa shape index (κ3) is 4.88. The third-order valence-electron chi connectivity index (χ3n) is 5.69. The number of aromatic nitrogens is 2. The summed E-state index contributed by atoms with van der Waals surface area (Å²) in [5.74, 6) is 1.02. The summed E-state index contributed by atoms with van der Waals surface area (Å²) in [7, 11) is 0. The van der Waals surface area contributed by atoms with Crippen LogP contribution in [-0.4, -0.2) is 39.9 Å². The summed E-state index contributed by atoms with van der Waals surface area (Å²) in [6.45, 7) is 7.10. The van der Waals surface area contributed by atoms with Gasteiger partial charge in [0.05, 0.1) is 5.92 Å². The van der Waals surface area contributed by atoms with E-state index in [0.717, 1.165) is 41.6 Å². The largest absolute Gasteiger partial charge is 0.339 e. The van der Waals surface area contributed by atoms with Gasteiger partial charge in [0, 0.05) is 36.3 Å². The van der Waals surface area contributed by atoms with E-state index < -0.39 is 0 Å². The fourth-order valence-electron chi connectivity index (χ4n) is 4.15. The average Bonchev–Trinajstić information content (AvgIpc) is 3.28. The van der Waals surface area contributed by atoms with Gasteiger partial charge < -0.3 is 14.7 Å². The average molecular weight is 433 g/mol. The van der Waals surface area contributed by atoms with Gasteiger partial charge in [0.1, 0.15) is 0 Å². The number of rotatable bonds is 5. The predicted molar refractivity (Wildman–Crippen MR) is 122 cm³/mol. The highest BCUT2D eigenvalue weighted by atomic mass is 16.5. The minimum atomic E-state index is -0.0493. The zero-order valence-corrected chi connectivity index (χ0v) is 18.7. The van der Waals surface area contributed by atoms with Crippen molar-refractivity contribution in [3.63, 3.8) is 0 Å². The first-order chi connectivity index (χ1) is 15.4. The van der Waals surface area contributed by atoms with Gasteiger partial charge in [-0.05, 0) is 51.0 Å². The Morgan fingerprint density at radius 1 is 1.16 bits per heavy atom. The molecule has 0 aliphatic carbocycles. The first-order valence-corrected chi connectivity index (χ1v) is 11.0. The van der Waals surface area contributed by atoms with Crippen LogP contribution < -0.4 is 5.32 Å². The van der Waals surface area contributed by atoms with Crippen molar-refractivity contribution in [2.24, 2.45) is 0 Å². The molecule has 32 heavy (non-hydrogen) atoms. The van der Waals surface area contributed by atoms with Crippen LogP contribution in [0, 0.1) is 13.8 Å². The predicted octanol–water partition coefficient (Wildman–Crippen LogP) is 4.72. The van der Waals surface area contributed by atoms with Crippen molar-refractivity contribution < 1.29 is 14.1 Å². The van der Waals surface area contributed by atoms with Gasteiger partial charge in [0.15, 0.2) is 0 Å². The van der Waals surface area contributed by atoms with E-state index in [1.807, 2.05) is 62.1 Å². The van der Waals surface area contributed by atoms with Gasteiger partial charge in [-0.1, -0.05) is 41.4 Å². The van der Waals surface area contributed by atoms with Crippen LogP contribution in [0.1, 0.15) is 59.5 Å². The molecular weight excluding hydrogens is 404 g/mol. The molecule has 0 spiro atoms. The topological polar surface area (TPSA) is 88.3 Å². The fourth-order valence-corrected chi connectivity index (χ4v) is 4.15. The smallest absolute Gasteiger partial charge is 0.253 e. The highest BCUT2D eigenvalue weighted by molar-refractivity contribution is 5.94. The molecule has 7 heteroatoms. The summed E-state index contributed by atoms with van der Waals surface area (Å²) in [5.41, 5.74) is 4.36. The monoisotopic (exact) mass is 432 g/mol. The van der Waals surface area contributed by atoms with Gasteiger partial charge in [-0.25, -0.2) is 0 Å². The Balaban J connectivity index is 1.49. The van der Waals surface area contributed by atoms with Crippen molar-refractivity contribution in [1.29, 1.82) is 0 Å². The summed E-state index contributed by atoms with van der Waals surface area (Å²) >= 11 is 0. The maximum absolute atomic E-state index is 13.1. The minimum absolute atomic E-state index is 0.00262. The lowest BCUT2D eigenvalue weighted by atomic mass is 9.96. The van der Waals surface area contributed by atoms with Crippen molar-refractivity contribution in [2.75, 3.05) is 18.4 Å². The van der Waals surface area contributed by atoms with Gasteiger partial charge in [-0.2, -0.15) is 4.98 Å². The normalized spacial score (nSPS) is 16.1. The quantitative estimate of drug-likeness (QED) is 0.630. The van der Waals surface area contributed by atoms with E-state index in [-0.39, 0.29) is 17.7 Å². The number of aryl methyl sites for hydroxylation is 2. The molecule has 0 radical (unpaired) electrons. The summed E-state index contributed by atoms with van der Waals surface area (Å²) in [6.07, 6.45) is 2.19. The molecule has 1 saturated heterocycles. The molecule has 1 N–H and O–H groups in total. The Hall–Kier alpha value is -3.48. The van der Waals surface area contributed by atoms with Crippen molar-refractivity contribution in [3.8, 4) is 11.4 Å². The first kappa shape index (κ1) is 21.7. The molecule has 1 fully saturated rings. The number of likely N-dealkylation sites (tertiary alicyclic amines) is 1. The van der Waals surface area contributed by atoms with E-state index in [1.54, 1.807) is 0 Å². The lowest BCUT2D eigenvalue weighted by Gasteiger charge is -2.31. The lowest BCUT2D eigenvalue weighted by molar-refractivity contribution is -0.115. The van der Waals surface area contributed by atoms with Gasteiger partial charge >= 0.3 is 0 Å². The van der Waals surface area contributed by atoms with E-state index >= 15 is 0 Å². The fraction of sp³-hybridized carbons (Fsp3) is 0.360. The molecule has 4 rings (SSSR count). The SMILES string of the molecule is CCC(=O)Nc1cccc(-c2noc([C@@H]3CCCN(C(=O)c4cc(C)cc(C)c4)C3)n2)c1. The molecule has 3 aromatic rings. The summed E-state index contributed by atoms with van der Waals surface area (Å²) in [5, 5.41) is 7.00. The van der Waals surface area contributed by atoms with Crippen LogP contribution >= 0.6 is 0 Å². The van der Waals surface area contributed by atoms with Crippen LogP contribution in [0.2, 0.25) is 0 Å². The molecule has 2 amide bonds. The lowest BCUT2D eigenvalue weighted by Crippen LogP contribution is -2.39. The maximum atomic E-state index is 13.1. The Labute approximate surface area is 187 Å². The molecule has 2 aromatic carbocycles. The molecule has 1 aliphatic rings. The second-order valence-corrected chi connectivity index (χ2v) is 8.41. The Morgan fingerprint density at radius 3 is 2.69 bits per heavy atom. The number of amides is 2. The number of nitrogens with one attached hydrogen (secondary N) is 1. The van der Waals surface area contributed by atoms with E-state index in [4.69, 9.17) is 4.52 Å². The number of hydrogen-bond donors (Lipinski definition) is 1. The Morgan fingerprint density at radius 2 is 1.94 bits per heavy atom. The minimum Gasteiger partial charge on any atom is -0.339 e. The Bertz CT molecular complexity index is 1120. The number of nitrogens with zero attached hydrogens (tertiary/aromatic N) is 3. The second-order valence-electron chi connectivity index (χ2n) is 8.41. The van der Waals surface area contributed by atoms with E-state index in [9.17, 15) is 9.59 Å². The standard InChI is InChI=1S/C25H28N4O3/c1-4-22(30)26-21-9-5-7-18(14-21)23-27-24(32-28-23)19-8-6-10-29(15-19)25(31)20-12-16(2)11-17(3)13-20/h5,7,9,11-14,19H,4,6,8,10,15H2,1-3H3,(H,26,30)/t19-/m1/s1. The number of piperidine rings is 1. The van der Waals surface area contributed by atoms with Crippen LogP contribution in [0.3, 0.4) is 0 Å². The van der Waals surface area contributed by atoms with E-state index in [1.165, 1.54) is 0 Å². The molecule has 1 aliphatic heterocycles. The zero-order chi connectivity index (χ0) is 22.7. The molecule has 0 unspecified atom stereocenters. The molecular formula is C25H28N4O3. The van der Waals surface area contributed by atoms with Gasteiger partial charge in [0.2, 0.25) is 17.6 Å². The van der Waals surface area contributed by atoms with Crippen LogP contribution in [0.4, 0.5) is 5.69 Å². The van der Waals surface area contributed by atoms with Gasteiger partial charge in [-0.15, -0.1) is 0 Å². The number of anilines is 1.